The Hall–Kier alpha value is -0.830. The molecule has 0 aliphatic heterocycles. The molecule has 0 spiro atoms. The van der Waals surface area contributed by atoms with Crippen molar-refractivity contribution in [2.24, 2.45) is 0 Å². The highest BCUT2D eigenvalue weighted by molar-refractivity contribution is 5.79. The van der Waals surface area contributed by atoms with Gasteiger partial charge in [0.15, 0.2) is 0 Å². The Morgan fingerprint density at radius 1 is 1.64 bits per heavy atom. The van der Waals surface area contributed by atoms with E-state index in [-0.39, 0.29) is 0 Å². The van der Waals surface area contributed by atoms with E-state index < -0.39 is 12.1 Å². The second-order valence-electron chi connectivity index (χ2n) is 2.42. The maximum atomic E-state index is 9.97. The van der Waals surface area contributed by atoms with Gasteiger partial charge in [0.05, 0.1) is 6.10 Å². The summed E-state index contributed by atoms with van der Waals surface area (Å²) in [6.45, 7) is 1.98. The van der Waals surface area contributed by atoms with E-state index in [1.807, 2.05) is 6.92 Å². The molecule has 0 aliphatic rings. The molecule has 3 nitrogen and oxygen atoms in total. The maximum Gasteiger partial charge on any atom is 0.327 e. The van der Waals surface area contributed by atoms with Crippen molar-refractivity contribution in [2.45, 2.75) is 32.3 Å². The Kier molecular flexibility index (Phi) is 5.47. The monoisotopic (exact) mass is 158 g/mol. The highest BCUT2D eigenvalue weighted by atomic mass is 16.4. The first-order valence-electron chi connectivity index (χ1n) is 3.74. The van der Waals surface area contributed by atoms with Crippen molar-refractivity contribution >= 4 is 5.97 Å². The van der Waals surface area contributed by atoms with E-state index in [2.05, 4.69) is 0 Å². The van der Waals surface area contributed by atoms with Gasteiger partial charge in [0, 0.05) is 6.08 Å². The fourth-order valence-corrected chi connectivity index (χ4v) is 0.777. The van der Waals surface area contributed by atoms with Crippen LogP contribution in [0.5, 0.6) is 0 Å². The number of aliphatic hydroxyl groups excluding tert-OH is 1. The summed E-state index contributed by atoms with van der Waals surface area (Å²) in [4.78, 5) is 9.97. The molecular formula is C8H14O3. The van der Waals surface area contributed by atoms with Gasteiger partial charge >= 0.3 is 5.97 Å². The molecule has 64 valence electrons. The van der Waals surface area contributed by atoms with E-state index in [1.165, 1.54) is 6.08 Å². The predicted octanol–water partition coefficient (Wildman–Crippen LogP) is 1.18. The van der Waals surface area contributed by atoms with Crippen LogP contribution in [0, 0.1) is 0 Å². The topological polar surface area (TPSA) is 57.5 Å². The Labute approximate surface area is 66.4 Å². The summed E-state index contributed by atoms with van der Waals surface area (Å²) >= 11 is 0. The van der Waals surface area contributed by atoms with Gasteiger partial charge in [-0.1, -0.05) is 19.4 Å². The molecule has 0 fully saturated rings. The van der Waals surface area contributed by atoms with Gasteiger partial charge in [0.25, 0.3) is 0 Å². The minimum Gasteiger partial charge on any atom is -0.478 e. The van der Waals surface area contributed by atoms with Gasteiger partial charge in [-0.05, 0) is 12.8 Å². The number of carboxylic acids is 1. The van der Waals surface area contributed by atoms with Crippen LogP contribution >= 0.6 is 0 Å². The molecule has 0 aromatic rings. The fourth-order valence-electron chi connectivity index (χ4n) is 0.777. The molecule has 1 unspecified atom stereocenters. The Balaban J connectivity index is 3.44. The van der Waals surface area contributed by atoms with Crippen molar-refractivity contribution in [3.05, 3.63) is 12.2 Å². The molecule has 0 aromatic heterocycles. The Morgan fingerprint density at radius 3 is 2.73 bits per heavy atom. The first kappa shape index (κ1) is 10.2. The fraction of sp³-hybridized carbons (Fsp3) is 0.625. The second kappa shape index (κ2) is 5.92. The third-order valence-electron chi connectivity index (χ3n) is 1.29. The van der Waals surface area contributed by atoms with E-state index in [9.17, 15) is 4.79 Å². The molecule has 0 aromatic carbocycles. The van der Waals surface area contributed by atoms with E-state index in [0.29, 0.717) is 6.42 Å². The first-order chi connectivity index (χ1) is 5.16. The molecule has 1 atom stereocenters. The molecule has 0 radical (unpaired) electrons. The van der Waals surface area contributed by atoms with Crippen LogP contribution in [0.2, 0.25) is 0 Å². The van der Waals surface area contributed by atoms with E-state index in [1.54, 1.807) is 0 Å². The summed E-state index contributed by atoms with van der Waals surface area (Å²) in [6.07, 6.45) is 4.21. The number of aliphatic carboxylic acids is 1. The van der Waals surface area contributed by atoms with Crippen LogP contribution in [-0.2, 0) is 4.79 Å². The predicted molar refractivity (Wildman–Crippen MR) is 42.3 cm³/mol. The van der Waals surface area contributed by atoms with Crippen LogP contribution in [-0.4, -0.2) is 22.3 Å². The van der Waals surface area contributed by atoms with Gasteiger partial charge in [-0.25, -0.2) is 4.79 Å². The van der Waals surface area contributed by atoms with Crippen LogP contribution < -0.4 is 0 Å². The van der Waals surface area contributed by atoms with Crippen molar-refractivity contribution in [1.29, 1.82) is 0 Å². The number of carbonyl (C=O) groups is 1. The van der Waals surface area contributed by atoms with E-state index >= 15 is 0 Å². The van der Waals surface area contributed by atoms with Gasteiger partial charge < -0.3 is 10.2 Å². The van der Waals surface area contributed by atoms with Crippen molar-refractivity contribution in [3.8, 4) is 0 Å². The zero-order chi connectivity index (χ0) is 8.69. The molecule has 0 saturated heterocycles. The summed E-state index contributed by atoms with van der Waals surface area (Å²) in [5, 5.41) is 17.3. The summed E-state index contributed by atoms with van der Waals surface area (Å²) in [7, 11) is 0. The lowest BCUT2D eigenvalue weighted by Gasteiger charge is -2.03. The van der Waals surface area contributed by atoms with Gasteiger partial charge in [-0.2, -0.15) is 0 Å². The van der Waals surface area contributed by atoms with E-state index in [0.717, 1.165) is 18.9 Å². The largest absolute Gasteiger partial charge is 0.478 e. The quantitative estimate of drug-likeness (QED) is 0.590. The number of hydrogen-bond donors (Lipinski definition) is 2. The minimum atomic E-state index is -0.964. The third kappa shape index (κ3) is 7.06. The average molecular weight is 158 g/mol. The molecule has 0 saturated carbocycles. The van der Waals surface area contributed by atoms with Crippen LogP contribution in [0.1, 0.15) is 26.2 Å². The SMILES string of the molecule is CCCC(O)C/C=C/C(=O)O. The molecule has 0 rings (SSSR count). The van der Waals surface area contributed by atoms with Crippen molar-refractivity contribution in [1.82, 2.24) is 0 Å². The molecule has 0 bridgehead atoms. The summed E-state index contributed by atoms with van der Waals surface area (Å²) in [6, 6.07) is 0. The molecule has 2 N–H and O–H groups in total. The molecule has 11 heavy (non-hydrogen) atoms. The molecule has 0 amide bonds. The normalized spacial score (nSPS) is 13.6. The lowest BCUT2D eigenvalue weighted by Crippen LogP contribution is -2.03. The number of aliphatic hydroxyl groups is 1. The van der Waals surface area contributed by atoms with Crippen LogP contribution in [0.15, 0.2) is 12.2 Å². The van der Waals surface area contributed by atoms with E-state index in [4.69, 9.17) is 10.2 Å². The summed E-state index contributed by atoms with van der Waals surface area (Å²) < 4.78 is 0. The highest BCUT2D eigenvalue weighted by Crippen LogP contribution is 2.01. The minimum absolute atomic E-state index is 0.393. The number of rotatable bonds is 5. The van der Waals surface area contributed by atoms with Crippen LogP contribution in [0.25, 0.3) is 0 Å². The zero-order valence-corrected chi connectivity index (χ0v) is 6.66. The van der Waals surface area contributed by atoms with Crippen LogP contribution in [0.3, 0.4) is 0 Å². The smallest absolute Gasteiger partial charge is 0.327 e. The van der Waals surface area contributed by atoms with Gasteiger partial charge in [-0.3, -0.25) is 0 Å². The number of hydrogen-bond acceptors (Lipinski definition) is 2. The summed E-state index contributed by atoms with van der Waals surface area (Å²) in [5.74, 6) is -0.964. The molecule has 0 aliphatic carbocycles. The highest BCUT2D eigenvalue weighted by Gasteiger charge is 1.98. The van der Waals surface area contributed by atoms with Gasteiger partial charge in [0.2, 0.25) is 0 Å². The van der Waals surface area contributed by atoms with Gasteiger partial charge in [-0.15, -0.1) is 0 Å². The average Bonchev–Trinajstić information content (AvgIpc) is 1.87. The second-order valence-corrected chi connectivity index (χ2v) is 2.42. The molecule has 3 heteroatoms. The Morgan fingerprint density at radius 2 is 2.27 bits per heavy atom. The molecular weight excluding hydrogens is 144 g/mol. The van der Waals surface area contributed by atoms with Crippen molar-refractivity contribution in [2.75, 3.05) is 0 Å². The summed E-state index contributed by atoms with van der Waals surface area (Å²) in [5.41, 5.74) is 0. The zero-order valence-electron chi connectivity index (χ0n) is 6.66. The Bertz CT molecular complexity index is 140. The third-order valence-corrected chi connectivity index (χ3v) is 1.29. The standard InChI is InChI=1S/C8H14O3/c1-2-4-7(9)5-3-6-8(10)11/h3,6-7,9H,2,4-5H2,1H3,(H,10,11)/b6-3+. The van der Waals surface area contributed by atoms with Crippen molar-refractivity contribution in [3.63, 3.8) is 0 Å². The lowest BCUT2D eigenvalue weighted by atomic mass is 10.1. The van der Waals surface area contributed by atoms with Gasteiger partial charge in [0.1, 0.15) is 0 Å². The number of carboxylic acid groups (broad SMARTS) is 1. The van der Waals surface area contributed by atoms with Crippen LogP contribution in [0.4, 0.5) is 0 Å². The van der Waals surface area contributed by atoms with Crippen molar-refractivity contribution < 1.29 is 15.0 Å². The maximum absolute atomic E-state index is 9.97. The first-order valence-corrected chi connectivity index (χ1v) is 3.74. The lowest BCUT2D eigenvalue weighted by molar-refractivity contribution is -0.131. The molecule has 0 heterocycles.